The highest BCUT2D eigenvalue weighted by atomic mass is 14.9. The summed E-state index contributed by atoms with van der Waals surface area (Å²) in [5, 5.41) is 2.58. The first-order valence-corrected chi connectivity index (χ1v) is 6.44. The number of hydrogen-bond acceptors (Lipinski definition) is 0. The molecule has 0 aliphatic carbocycles. The van der Waals surface area contributed by atoms with Crippen molar-refractivity contribution in [2.75, 3.05) is 0 Å². The Kier molecular flexibility index (Phi) is 3.11. The van der Waals surface area contributed by atoms with Crippen molar-refractivity contribution < 1.29 is 4.57 Å². The Hall–Kier alpha value is -2.41. The maximum absolute atomic E-state index is 2.18. The van der Waals surface area contributed by atoms with Gasteiger partial charge in [0.2, 0.25) is 0 Å². The fourth-order valence-electron chi connectivity index (χ4n) is 2.21. The molecule has 0 amide bonds. The summed E-state index contributed by atoms with van der Waals surface area (Å²) in [6.07, 6.45) is 8.45. The molecule has 2 aromatic carbocycles. The van der Waals surface area contributed by atoms with Gasteiger partial charge in [0.15, 0.2) is 12.4 Å². The minimum Gasteiger partial charge on any atom is -0.208 e. The van der Waals surface area contributed by atoms with Crippen molar-refractivity contribution in [2.45, 2.75) is 0 Å². The average molecular weight is 246 g/mol. The zero-order valence-corrected chi connectivity index (χ0v) is 11.0. The molecule has 19 heavy (non-hydrogen) atoms. The average Bonchev–Trinajstić information content (AvgIpc) is 2.47. The van der Waals surface area contributed by atoms with Gasteiger partial charge in [-0.2, -0.15) is 0 Å². The van der Waals surface area contributed by atoms with Gasteiger partial charge in [0.25, 0.3) is 0 Å². The molecule has 0 aliphatic heterocycles. The van der Waals surface area contributed by atoms with Crippen molar-refractivity contribution in [3.05, 3.63) is 78.1 Å². The van der Waals surface area contributed by atoms with E-state index in [1.807, 2.05) is 11.6 Å². The summed E-state index contributed by atoms with van der Waals surface area (Å²) in [6.45, 7) is 0. The van der Waals surface area contributed by atoms with Crippen LogP contribution in [0.3, 0.4) is 0 Å². The maximum Gasteiger partial charge on any atom is 0.169 e. The molecule has 0 saturated carbocycles. The summed E-state index contributed by atoms with van der Waals surface area (Å²) in [5.41, 5.74) is 2.47. The predicted molar refractivity (Wildman–Crippen MR) is 80.5 cm³/mol. The van der Waals surface area contributed by atoms with Crippen molar-refractivity contribution in [3.63, 3.8) is 0 Å². The minimum absolute atomic E-state index is 1.21. The molecule has 0 spiro atoms. The quantitative estimate of drug-likeness (QED) is 0.605. The van der Waals surface area contributed by atoms with Gasteiger partial charge in [-0.05, 0) is 21.9 Å². The Morgan fingerprint density at radius 1 is 0.789 bits per heavy atom. The highest BCUT2D eigenvalue weighted by molar-refractivity contribution is 5.92. The van der Waals surface area contributed by atoms with Crippen molar-refractivity contribution >= 4 is 22.9 Å². The van der Waals surface area contributed by atoms with E-state index in [1.165, 1.54) is 21.9 Å². The Labute approximate surface area is 113 Å². The van der Waals surface area contributed by atoms with Gasteiger partial charge in [-0.3, -0.25) is 0 Å². The Balaban J connectivity index is 1.99. The minimum atomic E-state index is 1.21. The molecule has 0 bridgehead atoms. The Bertz CT molecular complexity index is 719. The van der Waals surface area contributed by atoms with Gasteiger partial charge in [0, 0.05) is 12.1 Å². The van der Waals surface area contributed by atoms with Crippen LogP contribution in [0, 0.1) is 0 Å². The SMILES string of the molecule is C[n+]1ccc(C=Cc2cccc3ccccc23)cc1. The third-order valence-corrected chi connectivity index (χ3v) is 3.28. The van der Waals surface area contributed by atoms with Crippen LogP contribution >= 0.6 is 0 Å². The van der Waals surface area contributed by atoms with Crippen LogP contribution < -0.4 is 4.57 Å². The second-order valence-corrected chi connectivity index (χ2v) is 4.70. The zero-order chi connectivity index (χ0) is 13.1. The van der Waals surface area contributed by atoms with E-state index in [1.54, 1.807) is 0 Å². The molecule has 92 valence electrons. The lowest BCUT2D eigenvalue weighted by Gasteiger charge is -2.01. The van der Waals surface area contributed by atoms with E-state index in [4.69, 9.17) is 0 Å². The van der Waals surface area contributed by atoms with Crippen LogP contribution in [0.1, 0.15) is 11.1 Å². The lowest BCUT2D eigenvalue weighted by molar-refractivity contribution is -0.671. The van der Waals surface area contributed by atoms with E-state index in [0.29, 0.717) is 0 Å². The van der Waals surface area contributed by atoms with Gasteiger partial charge in [-0.25, -0.2) is 4.57 Å². The summed E-state index contributed by atoms with van der Waals surface area (Å²) < 4.78 is 2.04. The Morgan fingerprint density at radius 3 is 2.37 bits per heavy atom. The molecular formula is C18H16N+. The second-order valence-electron chi connectivity index (χ2n) is 4.70. The van der Waals surface area contributed by atoms with Crippen LogP contribution in [-0.2, 0) is 7.05 Å². The molecule has 3 aromatic rings. The van der Waals surface area contributed by atoms with Crippen LogP contribution in [0.2, 0.25) is 0 Å². The van der Waals surface area contributed by atoms with E-state index in [0.717, 1.165) is 0 Å². The van der Waals surface area contributed by atoms with E-state index in [-0.39, 0.29) is 0 Å². The summed E-state index contributed by atoms with van der Waals surface area (Å²) in [7, 11) is 2.03. The molecule has 0 radical (unpaired) electrons. The zero-order valence-electron chi connectivity index (χ0n) is 11.0. The van der Waals surface area contributed by atoms with E-state index < -0.39 is 0 Å². The number of rotatable bonds is 2. The van der Waals surface area contributed by atoms with Crippen molar-refractivity contribution in [1.82, 2.24) is 0 Å². The monoisotopic (exact) mass is 246 g/mol. The smallest absolute Gasteiger partial charge is 0.169 e. The summed E-state index contributed by atoms with van der Waals surface area (Å²) >= 11 is 0. The van der Waals surface area contributed by atoms with Crippen molar-refractivity contribution in [1.29, 1.82) is 0 Å². The van der Waals surface area contributed by atoms with Gasteiger partial charge in [-0.15, -0.1) is 0 Å². The molecule has 1 heterocycles. The van der Waals surface area contributed by atoms with E-state index in [2.05, 4.69) is 79.1 Å². The normalized spacial score (nSPS) is 11.2. The van der Waals surface area contributed by atoms with Gasteiger partial charge < -0.3 is 0 Å². The van der Waals surface area contributed by atoms with Crippen LogP contribution in [0.15, 0.2) is 67.0 Å². The third-order valence-electron chi connectivity index (χ3n) is 3.28. The van der Waals surface area contributed by atoms with Crippen LogP contribution in [0.5, 0.6) is 0 Å². The summed E-state index contributed by atoms with van der Waals surface area (Å²) in [6, 6.07) is 19.1. The predicted octanol–water partition coefficient (Wildman–Crippen LogP) is 3.83. The number of hydrogen-bond donors (Lipinski definition) is 0. The van der Waals surface area contributed by atoms with E-state index >= 15 is 0 Å². The number of benzene rings is 2. The molecule has 3 rings (SSSR count). The fourth-order valence-corrected chi connectivity index (χ4v) is 2.21. The molecule has 1 aromatic heterocycles. The van der Waals surface area contributed by atoms with Gasteiger partial charge in [0.05, 0.1) is 0 Å². The van der Waals surface area contributed by atoms with Crippen LogP contribution in [-0.4, -0.2) is 0 Å². The lowest BCUT2D eigenvalue weighted by Crippen LogP contribution is -2.25. The topological polar surface area (TPSA) is 3.88 Å². The van der Waals surface area contributed by atoms with E-state index in [9.17, 15) is 0 Å². The molecule has 0 saturated heterocycles. The standard InChI is InChI=1S/C18H16N/c1-19-13-11-15(12-14-19)9-10-17-7-4-6-16-5-2-3-8-18(16)17/h2-14H,1H3/q+1. The van der Waals surface area contributed by atoms with Crippen molar-refractivity contribution in [3.8, 4) is 0 Å². The number of fused-ring (bicyclic) bond motifs is 1. The first-order chi connectivity index (χ1) is 9.33. The first kappa shape index (κ1) is 11.7. The first-order valence-electron chi connectivity index (χ1n) is 6.44. The molecule has 0 fully saturated rings. The van der Waals surface area contributed by atoms with Crippen molar-refractivity contribution in [2.24, 2.45) is 7.05 Å². The molecule has 0 N–H and O–H groups in total. The molecule has 1 nitrogen and oxygen atoms in total. The van der Waals surface area contributed by atoms with Gasteiger partial charge >= 0.3 is 0 Å². The highest BCUT2D eigenvalue weighted by Crippen LogP contribution is 2.20. The highest BCUT2D eigenvalue weighted by Gasteiger charge is 1.97. The number of pyridine rings is 1. The molecule has 0 aliphatic rings. The number of aryl methyl sites for hydroxylation is 1. The van der Waals surface area contributed by atoms with Crippen LogP contribution in [0.4, 0.5) is 0 Å². The van der Waals surface area contributed by atoms with Gasteiger partial charge in [0.1, 0.15) is 7.05 Å². The van der Waals surface area contributed by atoms with Crippen LogP contribution in [0.25, 0.3) is 22.9 Å². The number of aromatic nitrogens is 1. The maximum atomic E-state index is 2.18. The Morgan fingerprint density at radius 2 is 1.53 bits per heavy atom. The summed E-state index contributed by atoms with van der Waals surface area (Å²) in [5.74, 6) is 0. The third kappa shape index (κ3) is 2.55. The molecular weight excluding hydrogens is 230 g/mol. The molecule has 0 unspecified atom stereocenters. The second kappa shape index (κ2) is 5.07. The fraction of sp³-hybridized carbons (Fsp3) is 0.0556. The molecule has 1 heteroatoms. The number of nitrogens with zero attached hydrogens (tertiary/aromatic N) is 1. The molecule has 0 atom stereocenters. The lowest BCUT2D eigenvalue weighted by atomic mass is 10.0. The largest absolute Gasteiger partial charge is 0.208 e. The van der Waals surface area contributed by atoms with Gasteiger partial charge in [-0.1, -0.05) is 54.6 Å². The summed E-state index contributed by atoms with van der Waals surface area (Å²) in [4.78, 5) is 0.